The molecule has 2 aliphatic carbocycles. The monoisotopic (exact) mass is 603 g/mol. The number of anilines is 2. The molecule has 4 aliphatic rings. The SMILES string of the molecule is Cc1nc(C)c(-c2csc(Nc3ccc(C(=O)N4[C@@]56CC(=NOCC(=O)NCC(F)(F)F)C[C@@]47CC57C6)cn3)n2)s1. The van der Waals surface area contributed by atoms with Crippen LogP contribution in [0.3, 0.4) is 0 Å². The first-order chi connectivity index (χ1) is 19.5. The van der Waals surface area contributed by atoms with Crippen molar-refractivity contribution in [3.8, 4) is 10.6 Å². The van der Waals surface area contributed by atoms with E-state index in [0.717, 1.165) is 39.8 Å². The molecule has 15 heteroatoms. The molecule has 2 amide bonds. The lowest BCUT2D eigenvalue weighted by Crippen LogP contribution is -2.65. The van der Waals surface area contributed by atoms with Crippen molar-refractivity contribution in [2.45, 2.75) is 56.8 Å². The number of oxime groups is 1. The van der Waals surface area contributed by atoms with Crippen molar-refractivity contribution in [2.75, 3.05) is 18.5 Å². The van der Waals surface area contributed by atoms with E-state index in [1.165, 1.54) is 11.3 Å². The molecule has 2 aliphatic heterocycles. The van der Waals surface area contributed by atoms with E-state index in [1.807, 2.05) is 24.1 Å². The molecule has 2 saturated carbocycles. The van der Waals surface area contributed by atoms with Crippen LogP contribution in [0.5, 0.6) is 0 Å². The van der Waals surface area contributed by atoms with Crippen molar-refractivity contribution < 1.29 is 27.6 Å². The number of carbonyl (C=O) groups excluding carboxylic acids is 2. The van der Waals surface area contributed by atoms with E-state index in [9.17, 15) is 22.8 Å². The lowest BCUT2D eigenvalue weighted by atomic mass is 9.78. The van der Waals surface area contributed by atoms with E-state index < -0.39 is 25.2 Å². The van der Waals surface area contributed by atoms with E-state index in [2.05, 4.69) is 25.4 Å². The minimum Gasteiger partial charge on any atom is -0.386 e. The third kappa shape index (κ3) is 4.03. The van der Waals surface area contributed by atoms with Crippen LogP contribution in [0.15, 0.2) is 28.9 Å². The van der Waals surface area contributed by atoms with Gasteiger partial charge in [0.25, 0.3) is 11.8 Å². The van der Waals surface area contributed by atoms with Gasteiger partial charge in [-0.2, -0.15) is 13.2 Å². The van der Waals surface area contributed by atoms with Crippen LogP contribution < -0.4 is 10.6 Å². The lowest BCUT2D eigenvalue weighted by Gasteiger charge is -2.52. The first-order valence-electron chi connectivity index (χ1n) is 12.9. The summed E-state index contributed by atoms with van der Waals surface area (Å²) in [5.41, 5.74) is 2.59. The van der Waals surface area contributed by atoms with Crippen molar-refractivity contribution in [1.82, 2.24) is 25.2 Å². The summed E-state index contributed by atoms with van der Waals surface area (Å²) >= 11 is 3.07. The molecule has 0 radical (unpaired) electrons. The maximum atomic E-state index is 13.6. The van der Waals surface area contributed by atoms with Gasteiger partial charge in [0.2, 0.25) is 0 Å². The third-order valence-electron chi connectivity index (χ3n) is 8.53. The Bertz CT molecular complexity index is 1590. The molecule has 2 N–H and O–H groups in total. The van der Waals surface area contributed by atoms with Gasteiger partial charge in [0.15, 0.2) is 11.7 Å². The minimum atomic E-state index is -4.49. The summed E-state index contributed by atoms with van der Waals surface area (Å²) in [5.74, 6) is -0.384. The van der Waals surface area contributed by atoms with Gasteiger partial charge in [-0.25, -0.2) is 15.0 Å². The average molecular weight is 604 g/mol. The maximum Gasteiger partial charge on any atom is 0.405 e. The second-order valence-corrected chi connectivity index (χ2v) is 13.1. The number of thiazole rings is 2. The quantitative estimate of drug-likeness (QED) is 0.361. The van der Waals surface area contributed by atoms with Gasteiger partial charge >= 0.3 is 6.18 Å². The van der Waals surface area contributed by atoms with Crippen molar-refractivity contribution in [1.29, 1.82) is 0 Å². The van der Waals surface area contributed by atoms with Gasteiger partial charge in [0.1, 0.15) is 12.4 Å². The number of carbonyl (C=O) groups is 2. The van der Waals surface area contributed by atoms with Gasteiger partial charge in [0, 0.05) is 29.8 Å². The number of hydrogen-bond acceptors (Lipinski definition) is 10. The summed E-state index contributed by atoms with van der Waals surface area (Å²) in [5, 5.41) is 12.7. The highest BCUT2D eigenvalue weighted by Gasteiger charge is 3.03. The number of amides is 2. The highest BCUT2D eigenvalue weighted by molar-refractivity contribution is 7.16. The van der Waals surface area contributed by atoms with Crippen LogP contribution in [0.25, 0.3) is 10.6 Å². The Balaban J connectivity index is 0.972. The Morgan fingerprint density at radius 1 is 1.17 bits per heavy atom. The van der Waals surface area contributed by atoms with Crippen LogP contribution in [0.4, 0.5) is 24.1 Å². The highest BCUT2D eigenvalue weighted by atomic mass is 32.1. The summed E-state index contributed by atoms with van der Waals surface area (Å²) in [4.78, 5) is 46.8. The Hall–Kier alpha value is -3.59. The molecule has 1 unspecified atom stereocenters. The summed E-state index contributed by atoms with van der Waals surface area (Å²) in [6.45, 7) is 1.93. The molecule has 3 aromatic rings. The van der Waals surface area contributed by atoms with Gasteiger partial charge in [-0.1, -0.05) is 5.16 Å². The minimum absolute atomic E-state index is 0.0752. The fourth-order valence-corrected chi connectivity index (χ4v) is 8.62. The molecule has 4 fully saturated rings. The van der Waals surface area contributed by atoms with E-state index >= 15 is 0 Å². The van der Waals surface area contributed by atoms with Gasteiger partial charge in [-0.05, 0) is 38.8 Å². The summed E-state index contributed by atoms with van der Waals surface area (Å²) in [6.07, 6.45) is -0.0580. The van der Waals surface area contributed by atoms with Crippen LogP contribution in [-0.2, 0) is 9.63 Å². The summed E-state index contributed by atoms with van der Waals surface area (Å²) < 4.78 is 36.7. The number of alkyl halides is 3. The molecule has 2 bridgehead atoms. The molecule has 5 heterocycles. The third-order valence-corrected chi connectivity index (χ3v) is 10.4. The van der Waals surface area contributed by atoms with Crippen LogP contribution in [0, 0.1) is 19.3 Å². The van der Waals surface area contributed by atoms with Crippen molar-refractivity contribution in [2.24, 2.45) is 10.6 Å². The number of nitrogens with zero attached hydrogens (tertiary/aromatic N) is 5. The number of nitrogens with one attached hydrogen (secondary N) is 2. The van der Waals surface area contributed by atoms with Crippen LogP contribution in [0.1, 0.15) is 46.7 Å². The van der Waals surface area contributed by atoms with Gasteiger partial charge in [0.05, 0.1) is 43.6 Å². The Labute approximate surface area is 240 Å². The Morgan fingerprint density at radius 3 is 2.56 bits per heavy atom. The fourth-order valence-electron chi connectivity index (χ4n) is 6.96. The van der Waals surface area contributed by atoms with Crippen LogP contribution >= 0.6 is 22.7 Å². The number of aryl methyl sites for hydroxylation is 2. The maximum absolute atomic E-state index is 13.6. The largest absolute Gasteiger partial charge is 0.405 e. The first-order valence-corrected chi connectivity index (χ1v) is 14.6. The fraction of sp³-hybridized carbons (Fsp3) is 0.462. The summed E-state index contributed by atoms with van der Waals surface area (Å²) in [7, 11) is 0. The predicted molar refractivity (Wildman–Crippen MR) is 145 cm³/mol. The molecule has 3 atom stereocenters. The molecular weight excluding hydrogens is 579 g/mol. The molecule has 0 aromatic carbocycles. The number of piperidine rings is 2. The number of rotatable bonds is 8. The van der Waals surface area contributed by atoms with E-state index in [1.54, 1.807) is 35.0 Å². The predicted octanol–water partition coefficient (Wildman–Crippen LogP) is 4.59. The zero-order valence-corrected chi connectivity index (χ0v) is 23.6. The lowest BCUT2D eigenvalue weighted by molar-refractivity contribution is -0.141. The van der Waals surface area contributed by atoms with E-state index in [4.69, 9.17) is 4.84 Å². The normalized spacial score (nSPS) is 27.9. The highest BCUT2D eigenvalue weighted by Crippen LogP contribution is 2.96. The van der Waals surface area contributed by atoms with E-state index in [-0.39, 0.29) is 22.4 Å². The van der Waals surface area contributed by atoms with Crippen molar-refractivity contribution in [3.63, 3.8) is 0 Å². The van der Waals surface area contributed by atoms with Crippen molar-refractivity contribution in [3.05, 3.63) is 40.0 Å². The number of hydrogen-bond donors (Lipinski definition) is 2. The molecule has 41 heavy (non-hydrogen) atoms. The number of halogens is 3. The number of aromatic nitrogens is 3. The van der Waals surface area contributed by atoms with Gasteiger partial charge in [-0.15, -0.1) is 22.7 Å². The number of pyridine rings is 1. The van der Waals surface area contributed by atoms with Gasteiger partial charge in [-0.3, -0.25) is 9.59 Å². The standard InChI is InChI=1S/C26H24F3N7O3S2/c1-13-20(41-14(2)32-13)17-9-40-22(33-17)34-18-4-3-15(7-30-18)21(38)36-24-5-16(6-25(36)11-23(24,25)10-24)35-39-8-19(37)31-12-26(27,28)29/h3-4,7,9H,5-6,8,10-12H2,1-2H3,(H,31,37)(H,30,33,34)/t23?,24-,25+. The van der Waals surface area contributed by atoms with Crippen LogP contribution in [-0.4, -0.2) is 67.8 Å². The molecule has 2 saturated heterocycles. The Kier molecular flexibility index (Phi) is 5.59. The molecule has 3 spiro atoms. The molecule has 214 valence electrons. The van der Waals surface area contributed by atoms with Crippen molar-refractivity contribution >= 4 is 51.1 Å². The van der Waals surface area contributed by atoms with E-state index in [0.29, 0.717) is 29.4 Å². The molecule has 3 aromatic heterocycles. The second-order valence-electron chi connectivity index (χ2n) is 11.1. The molecule has 7 rings (SSSR count). The summed E-state index contributed by atoms with van der Waals surface area (Å²) in [6, 6.07) is 3.52. The topological polar surface area (TPSA) is 122 Å². The van der Waals surface area contributed by atoms with Crippen LogP contribution in [0.2, 0.25) is 0 Å². The molecular formula is C26H24F3N7O3S2. The Morgan fingerprint density at radius 2 is 1.93 bits per heavy atom. The smallest absolute Gasteiger partial charge is 0.386 e. The second kappa shape index (κ2) is 8.71. The zero-order valence-electron chi connectivity index (χ0n) is 22.0. The van der Waals surface area contributed by atoms with Gasteiger partial charge < -0.3 is 20.4 Å². The molecule has 10 nitrogen and oxygen atoms in total. The first kappa shape index (κ1) is 26.3. The zero-order chi connectivity index (χ0) is 28.8. The average Bonchev–Trinajstić information content (AvgIpc) is 3.43.